The minimum absolute atomic E-state index is 0.931. The first-order valence-electron chi connectivity index (χ1n) is 3.70. The number of nitrogens with one attached hydrogen (secondary N) is 1. The Morgan fingerprint density at radius 3 is 2.44 bits per heavy atom. The van der Waals surface area contributed by atoms with Gasteiger partial charge in [0.25, 0.3) is 0 Å². The fraction of sp³-hybridized carbons (Fsp3) is 0.750. The molecule has 1 nitrogen and oxygen atoms in total. The Morgan fingerprint density at radius 1 is 1.22 bits per heavy atom. The van der Waals surface area contributed by atoms with Crippen molar-refractivity contribution in [2.45, 2.75) is 19.3 Å². The van der Waals surface area contributed by atoms with Gasteiger partial charge in [0.1, 0.15) is 6.54 Å². The molecule has 0 radical (unpaired) electrons. The van der Waals surface area contributed by atoms with Crippen LogP contribution < -0.4 is 4.90 Å². The monoisotopic (exact) mass is 124 g/mol. The Morgan fingerprint density at radius 2 is 1.89 bits per heavy atom. The zero-order valence-electron chi connectivity index (χ0n) is 5.82. The highest BCUT2D eigenvalue weighted by Gasteiger charge is 2.10. The Labute approximate surface area is 57.0 Å². The average Bonchev–Trinajstić information content (AvgIpc) is 1.91. The van der Waals surface area contributed by atoms with Gasteiger partial charge in [0, 0.05) is 0 Å². The van der Waals surface area contributed by atoms with Crippen LogP contribution in [0, 0.1) is 12.3 Å². The van der Waals surface area contributed by atoms with E-state index in [1.807, 2.05) is 0 Å². The zero-order chi connectivity index (χ0) is 6.53. The van der Waals surface area contributed by atoms with Gasteiger partial charge < -0.3 is 4.90 Å². The summed E-state index contributed by atoms with van der Waals surface area (Å²) in [5.74, 6) is 2.70. The molecule has 0 saturated carbocycles. The molecule has 0 aliphatic carbocycles. The topological polar surface area (TPSA) is 4.44 Å². The van der Waals surface area contributed by atoms with Crippen molar-refractivity contribution in [1.82, 2.24) is 0 Å². The van der Waals surface area contributed by atoms with Gasteiger partial charge in [-0.3, -0.25) is 0 Å². The molecule has 0 unspecified atom stereocenters. The van der Waals surface area contributed by atoms with Crippen molar-refractivity contribution in [3.63, 3.8) is 0 Å². The molecule has 50 valence electrons. The standard InChI is InChI=1S/C8H13N/c1-2-6-9-7-4-3-5-8-9/h1H,3-8H2/p+1. The third kappa shape index (κ3) is 2.07. The smallest absolute Gasteiger partial charge is 0.139 e. The van der Waals surface area contributed by atoms with Crippen LogP contribution in [0.1, 0.15) is 19.3 Å². The van der Waals surface area contributed by atoms with Crippen LogP contribution in [0.3, 0.4) is 0 Å². The summed E-state index contributed by atoms with van der Waals surface area (Å²) in [7, 11) is 0. The minimum atomic E-state index is 0.931. The normalized spacial score (nSPS) is 21.2. The van der Waals surface area contributed by atoms with Gasteiger partial charge in [-0.1, -0.05) is 0 Å². The van der Waals surface area contributed by atoms with Gasteiger partial charge in [-0.15, -0.1) is 6.42 Å². The lowest BCUT2D eigenvalue weighted by Gasteiger charge is -2.20. The fourth-order valence-corrected chi connectivity index (χ4v) is 1.37. The summed E-state index contributed by atoms with van der Waals surface area (Å²) in [4.78, 5) is 1.60. The summed E-state index contributed by atoms with van der Waals surface area (Å²) in [5, 5.41) is 0. The third-order valence-corrected chi connectivity index (χ3v) is 1.91. The van der Waals surface area contributed by atoms with Gasteiger partial charge in [0.2, 0.25) is 0 Å². The molecule has 1 heterocycles. The summed E-state index contributed by atoms with van der Waals surface area (Å²) < 4.78 is 0. The van der Waals surface area contributed by atoms with E-state index < -0.39 is 0 Å². The maximum atomic E-state index is 5.19. The van der Waals surface area contributed by atoms with Crippen molar-refractivity contribution in [3.05, 3.63) is 0 Å². The van der Waals surface area contributed by atoms with Crippen molar-refractivity contribution < 1.29 is 4.90 Å². The molecule has 1 heteroatoms. The second kappa shape index (κ2) is 3.53. The molecule has 1 N–H and O–H groups in total. The highest BCUT2D eigenvalue weighted by Crippen LogP contribution is 1.93. The number of hydrogen-bond acceptors (Lipinski definition) is 0. The Hall–Kier alpha value is -0.480. The van der Waals surface area contributed by atoms with Crippen LogP contribution in [-0.4, -0.2) is 19.6 Å². The Balaban J connectivity index is 2.17. The molecule has 0 aromatic rings. The molecule has 0 aromatic carbocycles. The van der Waals surface area contributed by atoms with Gasteiger partial charge in [0.05, 0.1) is 13.1 Å². The van der Waals surface area contributed by atoms with E-state index in [0.29, 0.717) is 0 Å². The van der Waals surface area contributed by atoms with E-state index in [1.165, 1.54) is 32.4 Å². The summed E-state index contributed by atoms with van der Waals surface area (Å²) in [6.07, 6.45) is 9.34. The van der Waals surface area contributed by atoms with Crippen molar-refractivity contribution in [2.24, 2.45) is 0 Å². The SMILES string of the molecule is C#CC[NH+]1CCCCC1. The number of rotatable bonds is 1. The minimum Gasteiger partial charge on any atom is -0.325 e. The summed E-state index contributed by atoms with van der Waals surface area (Å²) in [5.41, 5.74) is 0. The lowest BCUT2D eigenvalue weighted by molar-refractivity contribution is -0.897. The Kier molecular flexibility index (Phi) is 2.60. The van der Waals surface area contributed by atoms with Crippen molar-refractivity contribution in [2.75, 3.05) is 19.6 Å². The third-order valence-electron chi connectivity index (χ3n) is 1.91. The van der Waals surface area contributed by atoms with E-state index >= 15 is 0 Å². The van der Waals surface area contributed by atoms with Gasteiger partial charge in [-0.25, -0.2) is 0 Å². The second-order valence-corrected chi connectivity index (χ2v) is 2.69. The number of terminal acetylenes is 1. The first kappa shape index (κ1) is 6.64. The van der Waals surface area contributed by atoms with Gasteiger partial charge >= 0.3 is 0 Å². The molecule has 0 aromatic heterocycles. The van der Waals surface area contributed by atoms with E-state index in [0.717, 1.165) is 6.54 Å². The van der Waals surface area contributed by atoms with Crippen molar-refractivity contribution in [3.8, 4) is 12.3 Å². The van der Waals surface area contributed by atoms with E-state index in [9.17, 15) is 0 Å². The van der Waals surface area contributed by atoms with Crippen molar-refractivity contribution in [1.29, 1.82) is 0 Å². The van der Waals surface area contributed by atoms with Crippen LogP contribution in [0.15, 0.2) is 0 Å². The molecule has 9 heavy (non-hydrogen) atoms. The number of quaternary nitrogens is 1. The van der Waals surface area contributed by atoms with Crippen LogP contribution >= 0.6 is 0 Å². The molecule has 1 aliphatic rings. The highest BCUT2D eigenvalue weighted by molar-refractivity contribution is 4.82. The Bertz CT molecular complexity index is 106. The average molecular weight is 124 g/mol. The molecule has 1 rings (SSSR count). The molecule has 0 spiro atoms. The van der Waals surface area contributed by atoms with E-state index in [4.69, 9.17) is 6.42 Å². The maximum Gasteiger partial charge on any atom is 0.139 e. The highest BCUT2D eigenvalue weighted by atomic mass is 15.1. The number of piperidine rings is 1. The lowest BCUT2D eigenvalue weighted by atomic mass is 10.1. The van der Waals surface area contributed by atoms with E-state index in [2.05, 4.69) is 5.92 Å². The summed E-state index contributed by atoms with van der Waals surface area (Å²) in [6.45, 7) is 3.52. The molecular formula is C8H14N+. The van der Waals surface area contributed by atoms with Crippen LogP contribution in [-0.2, 0) is 0 Å². The lowest BCUT2D eigenvalue weighted by Crippen LogP contribution is -3.12. The van der Waals surface area contributed by atoms with E-state index in [1.54, 1.807) is 4.90 Å². The van der Waals surface area contributed by atoms with Crippen LogP contribution in [0.25, 0.3) is 0 Å². The number of hydrogen-bond donors (Lipinski definition) is 1. The molecule has 0 amide bonds. The summed E-state index contributed by atoms with van der Waals surface area (Å²) in [6, 6.07) is 0. The molecule has 1 fully saturated rings. The zero-order valence-corrected chi connectivity index (χ0v) is 5.82. The molecule has 0 atom stereocenters. The quantitative estimate of drug-likeness (QED) is 0.457. The molecule has 1 aliphatic heterocycles. The van der Waals surface area contributed by atoms with Gasteiger partial charge in [0.15, 0.2) is 0 Å². The first-order chi connectivity index (χ1) is 4.43. The van der Waals surface area contributed by atoms with Crippen LogP contribution in [0.2, 0.25) is 0 Å². The fourth-order valence-electron chi connectivity index (χ4n) is 1.37. The predicted octanol–water partition coefficient (Wildman–Crippen LogP) is -0.312. The summed E-state index contributed by atoms with van der Waals surface area (Å²) >= 11 is 0. The first-order valence-corrected chi connectivity index (χ1v) is 3.70. The largest absolute Gasteiger partial charge is 0.325 e. The van der Waals surface area contributed by atoms with Crippen LogP contribution in [0.4, 0.5) is 0 Å². The van der Waals surface area contributed by atoms with Crippen molar-refractivity contribution >= 4 is 0 Å². The van der Waals surface area contributed by atoms with Gasteiger partial charge in [-0.2, -0.15) is 0 Å². The second-order valence-electron chi connectivity index (χ2n) is 2.69. The van der Waals surface area contributed by atoms with Gasteiger partial charge in [-0.05, 0) is 25.2 Å². The predicted molar refractivity (Wildman–Crippen MR) is 38.2 cm³/mol. The maximum absolute atomic E-state index is 5.19. The van der Waals surface area contributed by atoms with Crippen LogP contribution in [0.5, 0.6) is 0 Å². The molecule has 0 bridgehead atoms. The van der Waals surface area contributed by atoms with E-state index in [-0.39, 0.29) is 0 Å². The number of likely N-dealkylation sites (tertiary alicyclic amines) is 1. The molecular weight excluding hydrogens is 110 g/mol. The molecule has 1 saturated heterocycles.